The topological polar surface area (TPSA) is 69.6 Å². The average Bonchev–Trinajstić information content (AvgIpc) is 3.08. The third-order valence-corrected chi connectivity index (χ3v) is 5.17. The van der Waals surface area contributed by atoms with Gasteiger partial charge in [0.1, 0.15) is 0 Å². The molecule has 3 rings (SSSR count). The highest BCUT2D eigenvalue weighted by molar-refractivity contribution is 5.87. The number of nitrogens with one attached hydrogen (secondary N) is 1. The molecular weight excluding hydrogens is 316 g/mol. The molecule has 0 unspecified atom stereocenters. The summed E-state index contributed by atoms with van der Waals surface area (Å²) in [5.74, 6) is -0.837. The fraction of sp³-hybridized carbons (Fsp3) is 0.500. The van der Waals surface area contributed by atoms with Gasteiger partial charge >= 0.3 is 5.97 Å². The molecule has 1 saturated heterocycles. The van der Waals surface area contributed by atoms with E-state index in [-0.39, 0.29) is 11.8 Å². The van der Waals surface area contributed by atoms with Crippen LogP contribution in [-0.4, -0.2) is 40.5 Å². The minimum atomic E-state index is -1.17. The number of amides is 1. The molecule has 1 aliphatic heterocycles. The molecule has 0 spiro atoms. The van der Waals surface area contributed by atoms with Gasteiger partial charge in [-0.15, -0.1) is 0 Å². The second-order valence-electron chi connectivity index (χ2n) is 7.20. The predicted molar refractivity (Wildman–Crippen MR) is 95.9 cm³/mol. The van der Waals surface area contributed by atoms with Crippen LogP contribution in [0.4, 0.5) is 0 Å². The number of carbonyl (C=O) groups is 2. The maximum absolute atomic E-state index is 12.4. The summed E-state index contributed by atoms with van der Waals surface area (Å²) in [5.41, 5.74) is -0.0157. The molecule has 1 aromatic carbocycles. The summed E-state index contributed by atoms with van der Waals surface area (Å²) in [7, 11) is 0. The fourth-order valence-electron chi connectivity index (χ4n) is 3.87. The van der Waals surface area contributed by atoms with Crippen LogP contribution in [-0.2, 0) is 16.1 Å². The number of likely N-dealkylation sites (tertiary alicyclic amines) is 1. The highest BCUT2D eigenvalue weighted by Crippen LogP contribution is 2.25. The molecule has 1 heterocycles. The zero-order valence-electron chi connectivity index (χ0n) is 14.5. The van der Waals surface area contributed by atoms with Gasteiger partial charge in [-0.05, 0) is 43.7 Å². The van der Waals surface area contributed by atoms with Gasteiger partial charge in [-0.2, -0.15) is 0 Å². The first kappa shape index (κ1) is 17.7. The van der Waals surface area contributed by atoms with Crippen molar-refractivity contribution < 1.29 is 14.7 Å². The van der Waals surface area contributed by atoms with Crippen LogP contribution in [0.15, 0.2) is 42.5 Å². The highest BCUT2D eigenvalue weighted by atomic mass is 16.4. The first-order valence-electron chi connectivity index (χ1n) is 9.05. The minimum Gasteiger partial charge on any atom is -0.479 e. The van der Waals surface area contributed by atoms with Gasteiger partial charge < -0.3 is 10.4 Å². The number of allylic oxidation sites excluding steroid dienone is 2. The van der Waals surface area contributed by atoms with E-state index in [9.17, 15) is 14.7 Å². The summed E-state index contributed by atoms with van der Waals surface area (Å²) in [5, 5.41) is 12.7. The number of carbonyl (C=O) groups excluding carboxylic acids is 1. The van der Waals surface area contributed by atoms with E-state index in [1.165, 1.54) is 0 Å². The van der Waals surface area contributed by atoms with Crippen molar-refractivity contribution in [3.05, 3.63) is 48.0 Å². The zero-order chi connectivity index (χ0) is 17.7. The largest absolute Gasteiger partial charge is 0.479 e. The molecule has 0 saturated carbocycles. The quantitative estimate of drug-likeness (QED) is 0.780. The lowest BCUT2D eigenvalue weighted by Crippen LogP contribution is -2.63. The maximum Gasteiger partial charge on any atom is 0.330 e. The number of carboxylic acid groups (broad SMARTS) is 1. The van der Waals surface area contributed by atoms with Gasteiger partial charge in [0.2, 0.25) is 5.91 Å². The molecule has 0 radical (unpaired) electrons. The maximum atomic E-state index is 12.4. The first-order valence-corrected chi connectivity index (χ1v) is 9.05. The lowest BCUT2D eigenvalue weighted by atomic mass is 9.88. The van der Waals surface area contributed by atoms with E-state index in [0.29, 0.717) is 25.9 Å². The summed E-state index contributed by atoms with van der Waals surface area (Å²) in [6, 6.07) is 10.0. The van der Waals surface area contributed by atoms with Gasteiger partial charge in [0.15, 0.2) is 5.54 Å². The summed E-state index contributed by atoms with van der Waals surface area (Å²) in [4.78, 5) is 26.5. The summed E-state index contributed by atoms with van der Waals surface area (Å²) in [6.07, 6.45) is 7.77. The molecule has 1 aromatic rings. The number of hydrogen-bond acceptors (Lipinski definition) is 3. The Balaban J connectivity index is 1.65. The van der Waals surface area contributed by atoms with Crippen molar-refractivity contribution in [1.29, 1.82) is 0 Å². The lowest BCUT2D eigenvalue weighted by Gasteiger charge is -2.40. The Morgan fingerprint density at radius 2 is 2.08 bits per heavy atom. The molecule has 1 amide bonds. The number of benzene rings is 1. The summed E-state index contributed by atoms with van der Waals surface area (Å²) < 4.78 is 0. The van der Waals surface area contributed by atoms with Crippen molar-refractivity contribution in [2.24, 2.45) is 5.92 Å². The first-order chi connectivity index (χ1) is 12.1. The normalized spacial score (nSPS) is 26.5. The van der Waals surface area contributed by atoms with E-state index in [1.807, 2.05) is 30.3 Å². The van der Waals surface area contributed by atoms with Gasteiger partial charge in [0, 0.05) is 19.5 Å². The molecule has 5 heteroatoms. The number of carboxylic acids is 1. The Labute approximate surface area is 148 Å². The van der Waals surface area contributed by atoms with E-state index in [1.54, 1.807) is 0 Å². The van der Waals surface area contributed by atoms with Crippen molar-refractivity contribution >= 4 is 11.9 Å². The third-order valence-electron chi connectivity index (χ3n) is 5.17. The van der Waals surface area contributed by atoms with Crippen LogP contribution in [0.3, 0.4) is 0 Å². The Bertz CT molecular complexity index is 644. The van der Waals surface area contributed by atoms with E-state index in [0.717, 1.165) is 31.4 Å². The smallest absolute Gasteiger partial charge is 0.330 e. The van der Waals surface area contributed by atoms with Crippen LogP contribution in [0, 0.1) is 5.92 Å². The van der Waals surface area contributed by atoms with Crippen LogP contribution in [0.2, 0.25) is 0 Å². The monoisotopic (exact) mass is 342 g/mol. The molecular formula is C20H26N2O3. The number of rotatable bonds is 6. The van der Waals surface area contributed by atoms with E-state index >= 15 is 0 Å². The SMILES string of the molecule is O=C(C[C@H]1C=CCC1)N[C@]1(C(=O)O)CCCN(Cc2ccccc2)C1. The average molecular weight is 342 g/mol. The van der Waals surface area contributed by atoms with Crippen molar-refractivity contribution in [2.75, 3.05) is 13.1 Å². The number of aliphatic carboxylic acids is 1. The highest BCUT2D eigenvalue weighted by Gasteiger charge is 2.43. The number of piperidine rings is 1. The second-order valence-corrected chi connectivity index (χ2v) is 7.20. The summed E-state index contributed by atoms with van der Waals surface area (Å²) >= 11 is 0. The van der Waals surface area contributed by atoms with Crippen LogP contribution in [0.1, 0.15) is 37.7 Å². The zero-order valence-corrected chi connectivity index (χ0v) is 14.5. The Morgan fingerprint density at radius 3 is 2.76 bits per heavy atom. The van der Waals surface area contributed by atoms with E-state index in [2.05, 4.69) is 22.4 Å². The molecule has 2 atom stereocenters. The van der Waals surface area contributed by atoms with Gasteiger partial charge in [-0.3, -0.25) is 9.69 Å². The van der Waals surface area contributed by atoms with Gasteiger partial charge in [-0.1, -0.05) is 42.5 Å². The van der Waals surface area contributed by atoms with Gasteiger partial charge in [0.05, 0.1) is 0 Å². The van der Waals surface area contributed by atoms with Crippen molar-refractivity contribution in [3.63, 3.8) is 0 Å². The lowest BCUT2D eigenvalue weighted by molar-refractivity contribution is -0.150. The van der Waals surface area contributed by atoms with Crippen molar-refractivity contribution in [1.82, 2.24) is 10.2 Å². The van der Waals surface area contributed by atoms with Gasteiger partial charge in [-0.25, -0.2) is 4.79 Å². The fourth-order valence-corrected chi connectivity index (χ4v) is 3.87. The Morgan fingerprint density at radius 1 is 1.28 bits per heavy atom. The van der Waals surface area contributed by atoms with Crippen LogP contribution in [0.5, 0.6) is 0 Å². The Kier molecular flexibility index (Phi) is 5.53. The molecule has 0 bridgehead atoms. The summed E-state index contributed by atoms with van der Waals surface area (Å²) in [6.45, 7) is 1.91. The van der Waals surface area contributed by atoms with Crippen molar-refractivity contribution in [2.45, 2.75) is 44.2 Å². The molecule has 1 fully saturated rings. The van der Waals surface area contributed by atoms with E-state index in [4.69, 9.17) is 0 Å². The van der Waals surface area contributed by atoms with E-state index < -0.39 is 11.5 Å². The molecule has 2 N–H and O–H groups in total. The molecule has 5 nitrogen and oxygen atoms in total. The van der Waals surface area contributed by atoms with Crippen LogP contribution >= 0.6 is 0 Å². The minimum absolute atomic E-state index is 0.152. The number of hydrogen-bond donors (Lipinski definition) is 2. The van der Waals surface area contributed by atoms with Gasteiger partial charge in [0.25, 0.3) is 0 Å². The molecule has 1 aliphatic carbocycles. The van der Waals surface area contributed by atoms with Crippen LogP contribution in [0.25, 0.3) is 0 Å². The third kappa shape index (κ3) is 4.48. The molecule has 134 valence electrons. The standard InChI is InChI=1S/C20H26N2O3/c23-18(13-16-7-4-5-8-16)21-20(19(24)25)11-6-12-22(15-20)14-17-9-2-1-3-10-17/h1-4,7,9-10,16H,5-6,8,11-15H2,(H,21,23)(H,24,25)/t16-,20+/m0/s1. The number of nitrogens with zero attached hydrogens (tertiary/aromatic N) is 1. The van der Waals surface area contributed by atoms with Crippen LogP contribution < -0.4 is 5.32 Å². The molecule has 0 aromatic heterocycles. The molecule has 2 aliphatic rings. The van der Waals surface area contributed by atoms with Crippen molar-refractivity contribution in [3.8, 4) is 0 Å². The predicted octanol–water partition coefficient (Wildman–Crippen LogP) is 2.58. The molecule has 25 heavy (non-hydrogen) atoms. The Hall–Kier alpha value is -2.14. The second kappa shape index (κ2) is 7.83.